The Balaban J connectivity index is 2.64. The molecule has 0 heterocycles. The fraction of sp³-hybridized carbons (Fsp3) is 0.846. The van der Waals surface area contributed by atoms with Gasteiger partial charge in [-0.15, -0.1) is 0 Å². The van der Waals surface area contributed by atoms with Gasteiger partial charge in [0.1, 0.15) is 0 Å². The molecular formula is C13H23NO3. The lowest BCUT2D eigenvalue weighted by Gasteiger charge is -2.32. The van der Waals surface area contributed by atoms with Gasteiger partial charge in [0.05, 0.1) is 6.42 Å². The van der Waals surface area contributed by atoms with Crippen molar-refractivity contribution < 1.29 is 14.7 Å². The first-order valence-electron chi connectivity index (χ1n) is 6.48. The molecule has 2 N–H and O–H groups in total. The van der Waals surface area contributed by atoms with Crippen molar-refractivity contribution in [1.82, 2.24) is 5.32 Å². The third-order valence-electron chi connectivity index (χ3n) is 3.97. The molecule has 0 aromatic rings. The topological polar surface area (TPSA) is 66.4 Å². The third kappa shape index (κ3) is 3.72. The molecule has 0 aromatic heterocycles. The molecule has 1 saturated carbocycles. The van der Waals surface area contributed by atoms with Crippen LogP contribution in [0.4, 0.5) is 0 Å². The van der Waals surface area contributed by atoms with E-state index in [1.807, 2.05) is 20.8 Å². The summed E-state index contributed by atoms with van der Waals surface area (Å²) in [6.07, 6.45) is 3.55. The number of hydrogen-bond acceptors (Lipinski definition) is 2. The van der Waals surface area contributed by atoms with Gasteiger partial charge < -0.3 is 10.4 Å². The van der Waals surface area contributed by atoms with Gasteiger partial charge in [0.15, 0.2) is 0 Å². The lowest BCUT2D eigenvalue weighted by Crippen LogP contribution is -2.51. The number of carbonyl (C=O) groups is 2. The van der Waals surface area contributed by atoms with Crippen LogP contribution in [0.2, 0.25) is 0 Å². The fourth-order valence-corrected chi connectivity index (χ4v) is 2.20. The van der Waals surface area contributed by atoms with Gasteiger partial charge in [-0.1, -0.05) is 20.8 Å². The molecule has 1 fully saturated rings. The van der Waals surface area contributed by atoms with Gasteiger partial charge in [0.2, 0.25) is 5.91 Å². The molecular weight excluding hydrogens is 218 g/mol. The van der Waals surface area contributed by atoms with Gasteiger partial charge in [-0.25, -0.2) is 0 Å². The van der Waals surface area contributed by atoms with Gasteiger partial charge in [-0.05, 0) is 31.6 Å². The SMILES string of the molecule is CCC(CC)(CC(=O)O)NC(=O)C(C)C1CC1. The molecule has 1 rings (SSSR count). The van der Waals surface area contributed by atoms with Crippen LogP contribution in [0, 0.1) is 11.8 Å². The summed E-state index contributed by atoms with van der Waals surface area (Å²) in [5.74, 6) is -0.321. The molecule has 0 saturated heterocycles. The summed E-state index contributed by atoms with van der Waals surface area (Å²) in [5, 5.41) is 11.9. The second-order valence-corrected chi connectivity index (χ2v) is 5.17. The van der Waals surface area contributed by atoms with Crippen molar-refractivity contribution in [2.45, 2.75) is 58.4 Å². The van der Waals surface area contributed by atoms with Crippen LogP contribution < -0.4 is 5.32 Å². The van der Waals surface area contributed by atoms with Crippen molar-refractivity contribution >= 4 is 11.9 Å². The first-order chi connectivity index (χ1) is 7.94. The Morgan fingerprint density at radius 2 is 1.88 bits per heavy atom. The average molecular weight is 241 g/mol. The van der Waals surface area contributed by atoms with Gasteiger partial charge in [-0.3, -0.25) is 9.59 Å². The Morgan fingerprint density at radius 1 is 1.35 bits per heavy atom. The van der Waals surface area contributed by atoms with Crippen LogP contribution in [0.15, 0.2) is 0 Å². The summed E-state index contributed by atoms with van der Waals surface area (Å²) in [4.78, 5) is 22.9. The van der Waals surface area contributed by atoms with Crippen molar-refractivity contribution in [1.29, 1.82) is 0 Å². The zero-order valence-corrected chi connectivity index (χ0v) is 11.0. The molecule has 0 spiro atoms. The second-order valence-electron chi connectivity index (χ2n) is 5.17. The summed E-state index contributed by atoms with van der Waals surface area (Å²) in [6, 6.07) is 0. The monoisotopic (exact) mass is 241 g/mol. The first kappa shape index (κ1) is 14.0. The van der Waals surface area contributed by atoms with E-state index in [1.165, 1.54) is 0 Å². The average Bonchev–Trinajstić information content (AvgIpc) is 3.10. The molecule has 1 unspecified atom stereocenters. The van der Waals surface area contributed by atoms with Crippen LogP contribution in [0.25, 0.3) is 0 Å². The highest BCUT2D eigenvalue weighted by atomic mass is 16.4. The highest BCUT2D eigenvalue weighted by Gasteiger charge is 2.37. The number of nitrogens with one attached hydrogen (secondary N) is 1. The van der Waals surface area contributed by atoms with Crippen molar-refractivity contribution in [2.75, 3.05) is 0 Å². The molecule has 1 amide bonds. The third-order valence-corrected chi connectivity index (χ3v) is 3.97. The Labute approximate surface area is 103 Å². The Morgan fingerprint density at radius 3 is 2.24 bits per heavy atom. The molecule has 17 heavy (non-hydrogen) atoms. The van der Waals surface area contributed by atoms with E-state index in [1.54, 1.807) is 0 Å². The zero-order valence-electron chi connectivity index (χ0n) is 11.0. The molecule has 98 valence electrons. The number of aliphatic carboxylic acids is 1. The van der Waals surface area contributed by atoms with E-state index >= 15 is 0 Å². The second kappa shape index (κ2) is 5.52. The minimum Gasteiger partial charge on any atom is -0.481 e. The highest BCUT2D eigenvalue weighted by Crippen LogP contribution is 2.37. The maximum Gasteiger partial charge on any atom is 0.305 e. The van der Waals surface area contributed by atoms with E-state index in [2.05, 4.69) is 5.32 Å². The number of carboxylic acid groups (broad SMARTS) is 1. The fourth-order valence-electron chi connectivity index (χ4n) is 2.20. The molecule has 4 nitrogen and oxygen atoms in total. The predicted octanol–water partition coefficient (Wildman–Crippen LogP) is 2.18. The molecule has 1 aliphatic carbocycles. The molecule has 0 aliphatic heterocycles. The van der Waals surface area contributed by atoms with Crippen LogP contribution in [0.3, 0.4) is 0 Å². The van der Waals surface area contributed by atoms with Crippen LogP contribution in [0.1, 0.15) is 52.9 Å². The smallest absolute Gasteiger partial charge is 0.305 e. The minimum absolute atomic E-state index is 0.00310. The largest absolute Gasteiger partial charge is 0.481 e. The molecule has 0 bridgehead atoms. The van der Waals surface area contributed by atoms with Crippen molar-refractivity contribution in [2.24, 2.45) is 11.8 Å². The van der Waals surface area contributed by atoms with Gasteiger partial charge in [-0.2, -0.15) is 0 Å². The van der Waals surface area contributed by atoms with E-state index < -0.39 is 11.5 Å². The molecule has 4 heteroatoms. The van der Waals surface area contributed by atoms with Gasteiger partial charge >= 0.3 is 5.97 Å². The van der Waals surface area contributed by atoms with Crippen LogP contribution in [-0.2, 0) is 9.59 Å². The van der Waals surface area contributed by atoms with Crippen molar-refractivity contribution in [3.63, 3.8) is 0 Å². The van der Waals surface area contributed by atoms with E-state index in [0.717, 1.165) is 12.8 Å². The quantitative estimate of drug-likeness (QED) is 0.718. The lowest BCUT2D eigenvalue weighted by atomic mass is 9.88. The maximum atomic E-state index is 12.0. The molecule has 1 aliphatic rings. The van der Waals surface area contributed by atoms with E-state index in [4.69, 9.17) is 5.11 Å². The Hall–Kier alpha value is -1.06. The summed E-state index contributed by atoms with van der Waals surface area (Å²) in [6.45, 7) is 5.78. The van der Waals surface area contributed by atoms with E-state index in [0.29, 0.717) is 18.8 Å². The van der Waals surface area contributed by atoms with Crippen molar-refractivity contribution in [3.8, 4) is 0 Å². The van der Waals surface area contributed by atoms with Crippen LogP contribution >= 0.6 is 0 Å². The minimum atomic E-state index is -0.854. The summed E-state index contributed by atoms with van der Waals surface area (Å²) < 4.78 is 0. The zero-order chi connectivity index (χ0) is 13.1. The number of amides is 1. The van der Waals surface area contributed by atoms with Crippen molar-refractivity contribution in [3.05, 3.63) is 0 Å². The number of carboxylic acids is 1. The van der Waals surface area contributed by atoms with Crippen LogP contribution in [-0.4, -0.2) is 22.5 Å². The maximum absolute atomic E-state index is 12.0. The van der Waals surface area contributed by atoms with E-state index in [9.17, 15) is 9.59 Å². The van der Waals surface area contributed by atoms with Crippen LogP contribution in [0.5, 0.6) is 0 Å². The highest BCUT2D eigenvalue weighted by molar-refractivity contribution is 5.80. The number of hydrogen-bond donors (Lipinski definition) is 2. The summed E-state index contributed by atoms with van der Waals surface area (Å²) >= 11 is 0. The Bertz CT molecular complexity index is 293. The normalized spacial score (nSPS) is 17.6. The van der Waals surface area contributed by atoms with E-state index in [-0.39, 0.29) is 18.2 Å². The summed E-state index contributed by atoms with van der Waals surface area (Å²) in [7, 11) is 0. The van der Waals surface area contributed by atoms with Gasteiger partial charge in [0.25, 0.3) is 0 Å². The predicted molar refractivity (Wildman–Crippen MR) is 65.6 cm³/mol. The molecule has 0 aromatic carbocycles. The standard InChI is InChI=1S/C13H23NO3/c1-4-13(5-2,8-11(15)16)14-12(17)9(3)10-6-7-10/h9-10H,4-8H2,1-3H3,(H,14,17)(H,15,16). The lowest BCUT2D eigenvalue weighted by molar-refractivity contribution is -0.139. The van der Waals surface area contributed by atoms with Gasteiger partial charge in [0, 0.05) is 11.5 Å². The number of rotatable bonds is 7. The summed E-state index contributed by atoms with van der Waals surface area (Å²) in [5.41, 5.74) is -0.577. The number of carbonyl (C=O) groups excluding carboxylic acids is 1. The Kier molecular flexibility index (Phi) is 4.54. The molecule has 1 atom stereocenters. The molecule has 0 radical (unpaired) electrons. The first-order valence-corrected chi connectivity index (χ1v) is 6.48.